The van der Waals surface area contributed by atoms with Crippen LogP contribution >= 0.6 is 12.4 Å². The van der Waals surface area contributed by atoms with Crippen molar-refractivity contribution in [2.45, 2.75) is 25.2 Å². The highest BCUT2D eigenvalue weighted by Crippen LogP contribution is 2.35. The summed E-state index contributed by atoms with van der Waals surface area (Å²) in [7, 11) is 0. The van der Waals surface area contributed by atoms with Crippen molar-refractivity contribution in [3.05, 3.63) is 35.4 Å². The predicted molar refractivity (Wildman–Crippen MR) is 82.2 cm³/mol. The number of ether oxygens (including phenoxy) is 1. The minimum atomic E-state index is -0.457. The van der Waals surface area contributed by atoms with E-state index in [4.69, 9.17) is 10.5 Å². The fourth-order valence-corrected chi connectivity index (χ4v) is 2.59. The lowest BCUT2D eigenvalue weighted by molar-refractivity contribution is -0.130. The van der Waals surface area contributed by atoms with Crippen LogP contribution < -0.4 is 11.1 Å². The molecular formula is C15H23ClN2O2. The van der Waals surface area contributed by atoms with Crippen molar-refractivity contribution >= 4 is 18.3 Å². The molecule has 1 aliphatic heterocycles. The zero-order chi connectivity index (χ0) is 13.7. The first-order valence-corrected chi connectivity index (χ1v) is 6.82. The van der Waals surface area contributed by atoms with E-state index in [9.17, 15) is 4.79 Å². The second-order valence-electron chi connectivity index (χ2n) is 5.11. The van der Waals surface area contributed by atoms with E-state index in [0.29, 0.717) is 26.3 Å². The topological polar surface area (TPSA) is 64.4 Å². The number of benzene rings is 1. The summed E-state index contributed by atoms with van der Waals surface area (Å²) in [6, 6.07) is 8.23. The second-order valence-corrected chi connectivity index (χ2v) is 5.11. The van der Waals surface area contributed by atoms with Gasteiger partial charge in [0.05, 0.1) is 5.41 Å². The molecule has 1 aromatic rings. The zero-order valence-electron chi connectivity index (χ0n) is 11.9. The molecule has 1 heterocycles. The summed E-state index contributed by atoms with van der Waals surface area (Å²) >= 11 is 0. The van der Waals surface area contributed by atoms with E-state index in [0.717, 1.165) is 18.4 Å². The Morgan fingerprint density at radius 2 is 1.90 bits per heavy atom. The fraction of sp³-hybridized carbons (Fsp3) is 0.533. The first-order chi connectivity index (χ1) is 9.19. The van der Waals surface area contributed by atoms with Gasteiger partial charge in [-0.25, -0.2) is 0 Å². The number of nitrogens with two attached hydrogens (primary N) is 1. The van der Waals surface area contributed by atoms with Crippen LogP contribution in [0.2, 0.25) is 0 Å². The molecule has 0 bridgehead atoms. The van der Waals surface area contributed by atoms with Gasteiger partial charge in [-0.15, -0.1) is 12.4 Å². The lowest BCUT2D eigenvalue weighted by atomic mass is 9.73. The fourth-order valence-electron chi connectivity index (χ4n) is 2.59. The molecular weight excluding hydrogens is 276 g/mol. The van der Waals surface area contributed by atoms with Gasteiger partial charge in [0.1, 0.15) is 0 Å². The minimum Gasteiger partial charge on any atom is -0.381 e. The summed E-state index contributed by atoms with van der Waals surface area (Å²) in [5, 5.41) is 2.94. The molecule has 1 aliphatic rings. The molecule has 5 heteroatoms. The van der Waals surface area contributed by atoms with E-state index in [1.54, 1.807) is 0 Å². The van der Waals surface area contributed by atoms with E-state index in [2.05, 4.69) is 36.5 Å². The lowest BCUT2D eigenvalue weighted by Gasteiger charge is -2.36. The average molecular weight is 299 g/mol. The predicted octanol–water partition coefficient (Wildman–Crippen LogP) is 1.54. The quantitative estimate of drug-likeness (QED) is 0.886. The first-order valence-electron chi connectivity index (χ1n) is 6.82. The summed E-state index contributed by atoms with van der Waals surface area (Å²) in [5.74, 6) is 0.0742. The number of hydrogen-bond donors (Lipinski definition) is 2. The van der Waals surface area contributed by atoms with Crippen LogP contribution in [0.4, 0.5) is 0 Å². The molecule has 112 valence electrons. The molecule has 20 heavy (non-hydrogen) atoms. The minimum absolute atomic E-state index is 0. The van der Waals surface area contributed by atoms with Crippen molar-refractivity contribution in [3.8, 4) is 0 Å². The van der Waals surface area contributed by atoms with Gasteiger partial charge in [-0.2, -0.15) is 0 Å². The Labute approximate surface area is 126 Å². The van der Waals surface area contributed by atoms with Crippen LogP contribution in [-0.4, -0.2) is 32.2 Å². The monoisotopic (exact) mass is 298 g/mol. The van der Waals surface area contributed by atoms with Crippen molar-refractivity contribution in [2.24, 2.45) is 5.73 Å². The molecule has 1 aromatic carbocycles. The zero-order valence-corrected chi connectivity index (χ0v) is 12.7. The number of rotatable bonds is 4. The van der Waals surface area contributed by atoms with E-state index in [-0.39, 0.29) is 18.3 Å². The number of carbonyl (C=O) groups is 1. The van der Waals surface area contributed by atoms with Crippen molar-refractivity contribution in [2.75, 3.05) is 26.3 Å². The van der Waals surface area contributed by atoms with Crippen molar-refractivity contribution < 1.29 is 9.53 Å². The Morgan fingerprint density at radius 1 is 1.30 bits per heavy atom. The van der Waals surface area contributed by atoms with Crippen LogP contribution in [0.5, 0.6) is 0 Å². The Balaban J connectivity index is 0.00000200. The van der Waals surface area contributed by atoms with E-state index >= 15 is 0 Å². The van der Waals surface area contributed by atoms with Crippen molar-refractivity contribution in [3.63, 3.8) is 0 Å². The molecule has 0 aliphatic carbocycles. The average Bonchev–Trinajstić information content (AvgIpc) is 2.46. The summed E-state index contributed by atoms with van der Waals surface area (Å²) in [5.41, 5.74) is 7.29. The Bertz CT molecular complexity index is 428. The number of halogens is 1. The molecule has 0 saturated carbocycles. The molecule has 0 radical (unpaired) electrons. The number of carbonyl (C=O) groups excluding carboxylic acids is 1. The molecule has 2 rings (SSSR count). The van der Waals surface area contributed by atoms with Crippen molar-refractivity contribution in [1.82, 2.24) is 5.32 Å². The summed E-state index contributed by atoms with van der Waals surface area (Å²) in [4.78, 5) is 12.5. The van der Waals surface area contributed by atoms with E-state index in [1.807, 2.05) is 0 Å². The van der Waals surface area contributed by atoms with Gasteiger partial charge < -0.3 is 15.8 Å². The lowest BCUT2D eigenvalue weighted by Crippen LogP contribution is -2.49. The SMILES string of the molecule is Cc1ccc(C2(C(=O)NCCN)CCOCC2)cc1.Cl. The van der Waals surface area contributed by atoms with Crippen LogP contribution in [0.3, 0.4) is 0 Å². The molecule has 1 saturated heterocycles. The number of amides is 1. The maximum Gasteiger partial charge on any atom is 0.230 e. The van der Waals surface area contributed by atoms with E-state index in [1.165, 1.54) is 5.56 Å². The molecule has 0 aromatic heterocycles. The van der Waals surface area contributed by atoms with Crippen LogP contribution in [-0.2, 0) is 14.9 Å². The van der Waals surface area contributed by atoms with Crippen LogP contribution in [0.1, 0.15) is 24.0 Å². The summed E-state index contributed by atoms with van der Waals surface area (Å²) in [6.07, 6.45) is 1.46. The van der Waals surface area contributed by atoms with Gasteiger partial charge in [0.15, 0.2) is 0 Å². The van der Waals surface area contributed by atoms with E-state index < -0.39 is 5.41 Å². The van der Waals surface area contributed by atoms with Gasteiger partial charge in [-0.05, 0) is 25.3 Å². The van der Waals surface area contributed by atoms with Gasteiger partial charge >= 0.3 is 0 Å². The number of hydrogen-bond acceptors (Lipinski definition) is 3. The van der Waals surface area contributed by atoms with Crippen LogP contribution in [0.15, 0.2) is 24.3 Å². The van der Waals surface area contributed by atoms with Gasteiger partial charge in [-0.3, -0.25) is 4.79 Å². The first kappa shape index (κ1) is 17.0. The van der Waals surface area contributed by atoms with Gasteiger partial charge in [0, 0.05) is 26.3 Å². The van der Waals surface area contributed by atoms with Gasteiger partial charge in [0.2, 0.25) is 5.91 Å². The molecule has 1 fully saturated rings. The molecule has 0 atom stereocenters. The summed E-state index contributed by atoms with van der Waals surface area (Å²) in [6.45, 7) is 4.29. The van der Waals surface area contributed by atoms with Crippen LogP contribution in [0.25, 0.3) is 0 Å². The highest BCUT2D eigenvalue weighted by molar-refractivity contribution is 5.88. The second kappa shape index (κ2) is 7.62. The third kappa shape index (κ3) is 3.51. The Hall–Kier alpha value is -1.10. The molecule has 1 amide bonds. The molecule has 3 N–H and O–H groups in total. The molecule has 4 nitrogen and oxygen atoms in total. The highest BCUT2D eigenvalue weighted by atomic mass is 35.5. The maximum absolute atomic E-state index is 12.5. The molecule has 0 unspecified atom stereocenters. The largest absolute Gasteiger partial charge is 0.381 e. The number of aryl methyl sites for hydroxylation is 1. The normalized spacial score (nSPS) is 17.1. The third-order valence-corrected chi connectivity index (χ3v) is 3.82. The summed E-state index contributed by atoms with van der Waals surface area (Å²) < 4.78 is 5.42. The maximum atomic E-state index is 12.5. The van der Waals surface area contributed by atoms with Crippen LogP contribution in [0, 0.1) is 6.92 Å². The third-order valence-electron chi connectivity index (χ3n) is 3.82. The smallest absolute Gasteiger partial charge is 0.230 e. The number of nitrogens with one attached hydrogen (secondary N) is 1. The highest BCUT2D eigenvalue weighted by Gasteiger charge is 2.41. The standard InChI is InChI=1S/C15H22N2O2.ClH/c1-12-2-4-13(5-3-12)15(6-10-19-11-7-15)14(18)17-9-8-16;/h2-5H,6-11,16H2,1H3,(H,17,18);1H. The Morgan fingerprint density at radius 3 is 2.45 bits per heavy atom. The van der Waals surface area contributed by atoms with Gasteiger partial charge in [0.25, 0.3) is 0 Å². The molecule has 0 spiro atoms. The van der Waals surface area contributed by atoms with Crippen molar-refractivity contribution in [1.29, 1.82) is 0 Å². The van der Waals surface area contributed by atoms with Gasteiger partial charge in [-0.1, -0.05) is 29.8 Å². The Kier molecular flexibility index (Phi) is 6.46.